The second-order valence-corrected chi connectivity index (χ2v) is 4.92. The number of hydrogen-bond donors (Lipinski definition) is 1. The highest BCUT2D eigenvalue weighted by Crippen LogP contribution is 2.12. The number of ether oxygens (including phenoxy) is 1. The van der Waals surface area contributed by atoms with E-state index in [4.69, 9.17) is 9.26 Å². The fourth-order valence-corrected chi connectivity index (χ4v) is 1.80. The first kappa shape index (κ1) is 15.8. The number of esters is 1. The van der Waals surface area contributed by atoms with E-state index >= 15 is 0 Å². The Morgan fingerprint density at radius 2 is 2.00 bits per heavy atom. The molecular formula is C16H18N2O4. The van der Waals surface area contributed by atoms with Crippen LogP contribution in [0.4, 0.5) is 5.69 Å². The maximum absolute atomic E-state index is 12.0. The lowest BCUT2D eigenvalue weighted by atomic mass is 10.1. The van der Waals surface area contributed by atoms with Crippen molar-refractivity contribution in [3.63, 3.8) is 0 Å². The fourth-order valence-electron chi connectivity index (χ4n) is 1.80. The first-order valence-corrected chi connectivity index (χ1v) is 7.03. The van der Waals surface area contributed by atoms with Gasteiger partial charge in [0.1, 0.15) is 0 Å². The minimum Gasteiger partial charge on any atom is -0.447 e. The number of benzene rings is 1. The number of carbonyl (C=O) groups excluding carboxylic acids is 2. The van der Waals surface area contributed by atoms with Gasteiger partial charge in [-0.3, -0.25) is 4.79 Å². The molecule has 0 saturated heterocycles. The number of aromatic nitrogens is 1. The highest BCUT2D eigenvalue weighted by molar-refractivity contribution is 5.96. The van der Waals surface area contributed by atoms with Gasteiger partial charge in [0, 0.05) is 11.8 Å². The third-order valence-electron chi connectivity index (χ3n) is 3.11. The van der Waals surface area contributed by atoms with E-state index in [1.807, 2.05) is 24.3 Å². The Kier molecular flexibility index (Phi) is 4.93. The summed E-state index contributed by atoms with van der Waals surface area (Å²) in [7, 11) is 0. The van der Waals surface area contributed by atoms with Crippen molar-refractivity contribution in [1.29, 1.82) is 0 Å². The number of hydrogen-bond acceptors (Lipinski definition) is 5. The summed E-state index contributed by atoms with van der Waals surface area (Å²) in [6, 6.07) is 8.94. The van der Waals surface area contributed by atoms with Crippen LogP contribution >= 0.6 is 0 Å². The SMILES string of the molecule is CCc1ccc(NC(=O)[C@H](C)OC(=O)c2cc(C)no2)cc1. The first-order valence-electron chi connectivity index (χ1n) is 7.03. The smallest absolute Gasteiger partial charge is 0.377 e. The van der Waals surface area contributed by atoms with Crippen molar-refractivity contribution in [2.75, 3.05) is 5.32 Å². The number of aryl methyl sites for hydroxylation is 2. The average molecular weight is 302 g/mol. The Bertz CT molecular complexity index is 661. The molecule has 1 amide bonds. The molecule has 2 aromatic rings. The van der Waals surface area contributed by atoms with Crippen LogP contribution in [-0.2, 0) is 16.0 Å². The van der Waals surface area contributed by atoms with Gasteiger partial charge in [0.2, 0.25) is 5.76 Å². The third kappa shape index (κ3) is 3.94. The van der Waals surface area contributed by atoms with Gasteiger partial charge >= 0.3 is 5.97 Å². The first-order chi connectivity index (χ1) is 10.5. The van der Waals surface area contributed by atoms with Crippen molar-refractivity contribution < 1.29 is 18.8 Å². The maximum atomic E-state index is 12.0. The Morgan fingerprint density at radius 3 is 2.55 bits per heavy atom. The van der Waals surface area contributed by atoms with Crippen LogP contribution in [0.25, 0.3) is 0 Å². The lowest BCUT2D eigenvalue weighted by molar-refractivity contribution is -0.123. The van der Waals surface area contributed by atoms with Crippen LogP contribution < -0.4 is 5.32 Å². The molecule has 6 heteroatoms. The van der Waals surface area contributed by atoms with Crippen LogP contribution in [0.3, 0.4) is 0 Å². The van der Waals surface area contributed by atoms with Crippen LogP contribution in [0, 0.1) is 6.92 Å². The predicted molar refractivity (Wildman–Crippen MR) is 80.6 cm³/mol. The second-order valence-electron chi connectivity index (χ2n) is 4.92. The number of carbonyl (C=O) groups is 2. The zero-order chi connectivity index (χ0) is 16.1. The molecule has 1 N–H and O–H groups in total. The van der Waals surface area contributed by atoms with Gasteiger partial charge in [0.05, 0.1) is 5.69 Å². The van der Waals surface area contributed by atoms with E-state index in [9.17, 15) is 9.59 Å². The molecule has 0 aliphatic heterocycles. The van der Waals surface area contributed by atoms with E-state index in [0.29, 0.717) is 11.4 Å². The summed E-state index contributed by atoms with van der Waals surface area (Å²) in [6.45, 7) is 5.24. The van der Waals surface area contributed by atoms with Crippen molar-refractivity contribution in [2.45, 2.75) is 33.3 Å². The molecule has 0 saturated carbocycles. The highest BCUT2D eigenvalue weighted by atomic mass is 16.6. The van der Waals surface area contributed by atoms with E-state index in [1.165, 1.54) is 18.6 Å². The van der Waals surface area contributed by atoms with Gasteiger partial charge in [0.25, 0.3) is 5.91 Å². The van der Waals surface area contributed by atoms with Crippen LogP contribution in [-0.4, -0.2) is 23.1 Å². The number of nitrogens with one attached hydrogen (secondary N) is 1. The van der Waals surface area contributed by atoms with E-state index in [-0.39, 0.29) is 5.76 Å². The molecule has 1 aromatic heterocycles. The molecule has 0 radical (unpaired) electrons. The molecule has 0 bridgehead atoms. The summed E-state index contributed by atoms with van der Waals surface area (Å²) in [6.07, 6.45) is -0.0116. The maximum Gasteiger partial charge on any atom is 0.377 e. The van der Waals surface area contributed by atoms with Crippen molar-refractivity contribution in [1.82, 2.24) is 5.16 Å². The normalized spacial score (nSPS) is 11.8. The molecule has 6 nitrogen and oxygen atoms in total. The summed E-state index contributed by atoms with van der Waals surface area (Å²) < 4.78 is 9.84. The molecule has 0 unspecified atom stereocenters. The largest absolute Gasteiger partial charge is 0.447 e. The molecule has 0 spiro atoms. The van der Waals surface area contributed by atoms with Crippen LogP contribution in [0.15, 0.2) is 34.9 Å². The number of anilines is 1. The van der Waals surface area contributed by atoms with Gasteiger partial charge in [-0.1, -0.05) is 24.2 Å². The zero-order valence-corrected chi connectivity index (χ0v) is 12.8. The van der Waals surface area contributed by atoms with Gasteiger partial charge in [-0.15, -0.1) is 0 Å². The lowest BCUT2D eigenvalue weighted by Gasteiger charge is -2.12. The molecule has 0 aliphatic rings. The summed E-state index contributed by atoms with van der Waals surface area (Å²) in [5.41, 5.74) is 2.40. The second kappa shape index (κ2) is 6.89. The topological polar surface area (TPSA) is 81.4 Å². The van der Waals surface area contributed by atoms with Gasteiger partial charge < -0.3 is 14.6 Å². The van der Waals surface area contributed by atoms with Crippen LogP contribution in [0.5, 0.6) is 0 Å². The Morgan fingerprint density at radius 1 is 1.32 bits per heavy atom. The minimum atomic E-state index is -0.941. The summed E-state index contributed by atoms with van der Waals surface area (Å²) in [5.74, 6) is -1.15. The van der Waals surface area contributed by atoms with Crippen molar-refractivity contribution in [3.8, 4) is 0 Å². The molecule has 116 valence electrons. The van der Waals surface area contributed by atoms with E-state index in [2.05, 4.69) is 17.4 Å². The minimum absolute atomic E-state index is 0.0237. The number of rotatable bonds is 5. The van der Waals surface area contributed by atoms with E-state index in [0.717, 1.165) is 6.42 Å². The quantitative estimate of drug-likeness (QED) is 0.859. The Labute approximate surface area is 128 Å². The van der Waals surface area contributed by atoms with Crippen molar-refractivity contribution >= 4 is 17.6 Å². The highest BCUT2D eigenvalue weighted by Gasteiger charge is 2.21. The van der Waals surface area contributed by atoms with Crippen molar-refractivity contribution in [2.24, 2.45) is 0 Å². The van der Waals surface area contributed by atoms with Gasteiger partial charge in [-0.05, 0) is 38.0 Å². The van der Waals surface area contributed by atoms with Crippen LogP contribution in [0.1, 0.15) is 35.7 Å². The van der Waals surface area contributed by atoms with Gasteiger partial charge in [-0.2, -0.15) is 0 Å². The third-order valence-corrected chi connectivity index (χ3v) is 3.11. The Hall–Kier alpha value is -2.63. The summed E-state index contributed by atoms with van der Waals surface area (Å²) in [5, 5.41) is 6.29. The van der Waals surface area contributed by atoms with Crippen molar-refractivity contribution in [3.05, 3.63) is 47.3 Å². The van der Waals surface area contributed by atoms with E-state index in [1.54, 1.807) is 6.92 Å². The molecule has 1 heterocycles. The fraction of sp³-hybridized carbons (Fsp3) is 0.312. The van der Waals surface area contributed by atoms with Crippen LogP contribution in [0.2, 0.25) is 0 Å². The van der Waals surface area contributed by atoms with E-state index < -0.39 is 18.0 Å². The zero-order valence-electron chi connectivity index (χ0n) is 12.8. The number of nitrogens with zero attached hydrogens (tertiary/aromatic N) is 1. The molecule has 1 aromatic carbocycles. The molecular weight excluding hydrogens is 284 g/mol. The predicted octanol–water partition coefficient (Wildman–Crippen LogP) is 2.73. The molecule has 0 aliphatic carbocycles. The Balaban J connectivity index is 1.92. The monoisotopic (exact) mass is 302 g/mol. The average Bonchev–Trinajstić information content (AvgIpc) is 2.94. The number of amides is 1. The van der Waals surface area contributed by atoms with Gasteiger partial charge in [-0.25, -0.2) is 4.79 Å². The molecule has 1 atom stereocenters. The summed E-state index contributed by atoms with van der Waals surface area (Å²) >= 11 is 0. The lowest BCUT2D eigenvalue weighted by Crippen LogP contribution is -2.29. The standard InChI is InChI=1S/C16H18N2O4/c1-4-12-5-7-13(8-6-12)17-15(19)11(3)21-16(20)14-9-10(2)18-22-14/h5-9,11H,4H2,1-3H3,(H,17,19)/t11-/m0/s1. The summed E-state index contributed by atoms with van der Waals surface area (Å²) in [4.78, 5) is 23.8. The molecule has 22 heavy (non-hydrogen) atoms. The molecule has 0 fully saturated rings. The molecule has 2 rings (SSSR count). The van der Waals surface area contributed by atoms with Gasteiger partial charge in [0.15, 0.2) is 6.10 Å².